The first-order chi connectivity index (χ1) is 30.0. The molecule has 0 spiro atoms. The Kier molecular flexibility index (Phi) is 7.92. The van der Waals surface area contributed by atoms with Crippen LogP contribution in [0.25, 0.3) is 88.0 Å². The van der Waals surface area contributed by atoms with E-state index >= 15 is 0 Å². The minimum Gasteiger partial charge on any atom is -0.456 e. The summed E-state index contributed by atoms with van der Waals surface area (Å²) in [4.78, 5) is 2.49. The highest BCUT2D eigenvalue weighted by Gasteiger charge is 2.36. The van der Waals surface area contributed by atoms with Crippen LogP contribution in [0.4, 0.5) is 17.1 Å². The molecule has 0 fully saturated rings. The molecule has 11 aromatic rings. The number of benzene rings is 10. The molecule has 1 aromatic heterocycles. The fourth-order valence-corrected chi connectivity index (χ4v) is 9.92. The molecule has 10 aromatic carbocycles. The lowest BCUT2D eigenvalue weighted by Gasteiger charge is -2.32. The summed E-state index contributed by atoms with van der Waals surface area (Å²) in [5.41, 5.74) is 17.0. The molecule has 288 valence electrons. The van der Waals surface area contributed by atoms with Gasteiger partial charge in [0.05, 0.1) is 5.69 Å². The Morgan fingerprint density at radius 3 is 1.70 bits per heavy atom. The summed E-state index contributed by atoms with van der Waals surface area (Å²) >= 11 is 0. The average Bonchev–Trinajstić information content (AvgIpc) is 3.80. The van der Waals surface area contributed by atoms with Crippen molar-refractivity contribution in [3.05, 3.63) is 223 Å². The molecule has 0 unspecified atom stereocenters. The summed E-state index contributed by atoms with van der Waals surface area (Å²) < 4.78 is 6.63. The second-order valence-electron chi connectivity index (χ2n) is 16.9. The molecule has 0 saturated heterocycles. The molecule has 12 rings (SSSR count). The van der Waals surface area contributed by atoms with E-state index in [4.69, 9.17) is 4.42 Å². The van der Waals surface area contributed by atoms with E-state index in [0.29, 0.717) is 0 Å². The van der Waals surface area contributed by atoms with Gasteiger partial charge in [-0.05, 0) is 121 Å². The monoisotopic (exact) mass is 779 g/mol. The van der Waals surface area contributed by atoms with E-state index in [0.717, 1.165) is 66.8 Å². The molecule has 0 radical (unpaired) electrons. The van der Waals surface area contributed by atoms with Crippen molar-refractivity contribution in [3.63, 3.8) is 0 Å². The maximum absolute atomic E-state index is 6.63. The van der Waals surface area contributed by atoms with E-state index in [1.165, 1.54) is 49.4 Å². The van der Waals surface area contributed by atoms with Crippen LogP contribution in [0.15, 0.2) is 217 Å². The number of para-hydroxylation sites is 1. The minimum atomic E-state index is -0.181. The topological polar surface area (TPSA) is 16.4 Å². The second kappa shape index (κ2) is 13.7. The maximum Gasteiger partial charge on any atom is 0.137 e. The molecule has 2 nitrogen and oxygen atoms in total. The van der Waals surface area contributed by atoms with Crippen molar-refractivity contribution in [2.45, 2.75) is 19.3 Å². The van der Waals surface area contributed by atoms with E-state index in [1.807, 2.05) is 6.07 Å². The van der Waals surface area contributed by atoms with Gasteiger partial charge in [-0.1, -0.05) is 166 Å². The molecule has 0 N–H and O–H groups in total. The molecule has 0 atom stereocenters. The molecular weight excluding hydrogens is 739 g/mol. The van der Waals surface area contributed by atoms with Crippen molar-refractivity contribution >= 4 is 60.5 Å². The Morgan fingerprint density at radius 1 is 0.344 bits per heavy atom. The van der Waals surface area contributed by atoms with Gasteiger partial charge in [0.2, 0.25) is 0 Å². The summed E-state index contributed by atoms with van der Waals surface area (Å²) in [5, 5.41) is 7.10. The first-order valence-electron chi connectivity index (χ1n) is 21.2. The van der Waals surface area contributed by atoms with Crippen molar-refractivity contribution in [2.24, 2.45) is 0 Å². The number of hydrogen-bond acceptors (Lipinski definition) is 2. The Bertz CT molecular complexity index is 3520. The lowest BCUT2D eigenvalue weighted by atomic mass is 9.82. The molecule has 1 aliphatic rings. The van der Waals surface area contributed by atoms with Gasteiger partial charge >= 0.3 is 0 Å². The molecule has 0 amide bonds. The number of hydrogen-bond donors (Lipinski definition) is 0. The van der Waals surface area contributed by atoms with Gasteiger partial charge in [0.1, 0.15) is 11.2 Å². The zero-order valence-corrected chi connectivity index (χ0v) is 34.1. The summed E-state index contributed by atoms with van der Waals surface area (Å²) in [6.07, 6.45) is 0. The van der Waals surface area contributed by atoms with E-state index in [2.05, 4.69) is 225 Å². The Hall–Kier alpha value is -7.68. The van der Waals surface area contributed by atoms with Crippen LogP contribution in [-0.2, 0) is 5.41 Å². The van der Waals surface area contributed by atoms with Crippen LogP contribution in [0.2, 0.25) is 0 Å². The van der Waals surface area contributed by atoms with Crippen LogP contribution >= 0.6 is 0 Å². The first-order valence-corrected chi connectivity index (χ1v) is 21.2. The third kappa shape index (κ3) is 5.71. The highest BCUT2D eigenvalue weighted by Crippen LogP contribution is 2.54. The van der Waals surface area contributed by atoms with E-state index in [9.17, 15) is 0 Å². The second-order valence-corrected chi connectivity index (χ2v) is 16.9. The number of nitrogens with zero attached hydrogens (tertiary/aromatic N) is 1. The highest BCUT2D eigenvalue weighted by atomic mass is 16.3. The van der Waals surface area contributed by atoms with Crippen molar-refractivity contribution in [1.29, 1.82) is 0 Å². The molecule has 1 heterocycles. The van der Waals surface area contributed by atoms with Gasteiger partial charge < -0.3 is 9.32 Å². The maximum atomic E-state index is 6.63. The van der Waals surface area contributed by atoms with Crippen molar-refractivity contribution in [1.82, 2.24) is 0 Å². The minimum absolute atomic E-state index is 0.181. The largest absolute Gasteiger partial charge is 0.456 e. The van der Waals surface area contributed by atoms with Gasteiger partial charge in [-0.15, -0.1) is 0 Å². The van der Waals surface area contributed by atoms with Crippen LogP contribution in [0.3, 0.4) is 0 Å². The third-order valence-corrected chi connectivity index (χ3v) is 13.0. The number of anilines is 3. The molecular formula is C59H41NO. The zero-order valence-electron chi connectivity index (χ0n) is 34.1. The van der Waals surface area contributed by atoms with Crippen molar-refractivity contribution in [3.8, 4) is 44.5 Å². The van der Waals surface area contributed by atoms with Crippen molar-refractivity contribution in [2.75, 3.05) is 4.90 Å². The van der Waals surface area contributed by atoms with Crippen LogP contribution < -0.4 is 4.90 Å². The quantitative estimate of drug-likeness (QED) is 0.167. The molecule has 0 saturated carbocycles. The van der Waals surface area contributed by atoms with Gasteiger partial charge in [0.15, 0.2) is 0 Å². The van der Waals surface area contributed by atoms with Crippen molar-refractivity contribution < 1.29 is 4.42 Å². The molecule has 61 heavy (non-hydrogen) atoms. The molecule has 1 aliphatic carbocycles. The number of rotatable bonds is 6. The predicted octanol–water partition coefficient (Wildman–Crippen LogP) is 16.7. The Morgan fingerprint density at radius 2 is 0.918 bits per heavy atom. The normalized spacial score (nSPS) is 12.9. The summed E-state index contributed by atoms with van der Waals surface area (Å²) in [7, 11) is 0. The van der Waals surface area contributed by atoms with E-state index in [-0.39, 0.29) is 5.41 Å². The predicted molar refractivity (Wildman–Crippen MR) is 257 cm³/mol. The van der Waals surface area contributed by atoms with Gasteiger partial charge in [0.25, 0.3) is 0 Å². The number of fused-ring (bicyclic) bond motifs is 8. The van der Waals surface area contributed by atoms with Gasteiger partial charge in [-0.3, -0.25) is 0 Å². The lowest BCUT2D eigenvalue weighted by molar-refractivity contribution is 0.660. The number of furan rings is 1. The molecule has 2 heteroatoms. The van der Waals surface area contributed by atoms with Crippen LogP contribution in [0.1, 0.15) is 25.0 Å². The fourth-order valence-electron chi connectivity index (χ4n) is 9.92. The highest BCUT2D eigenvalue weighted by molar-refractivity contribution is 6.08. The SMILES string of the molecule is CC1(C)c2ccccc2-c2ccc(N(c3ccc4c(c3)oc3ccccc34)c3c(-c4ccccc4)cc(-c4ccc5ccccc5c4)cc3-c3ccc4ccccc4c3)cc21. The molecule has 0 aliphatic heterocycles. The lowest BCUT2D eigenvalue weighted by Crippen LogP contribution is -2.17. The van der Waals surface area contributed by atoms with E-state index < -0.39 is 0 Å². The Balaban J connectivity index is 1.19. The van der Waals surface area contributed by atoms with Crippen LogP contribution in [0, 0.1) is 0 Å². The Labute approximate surface area is 355 Å². The van der Waals surface area contributed by atoms with Crippen LogP contribution in [-0.4, -0.2) is 0 Å². The zero-order chi connectivity index (χ0) is 40.7. The van der Waals surface area contributed by atoms with E-state index in [1.54, 1.807) is 0 Å². The van der Waals surface area contributed by atoms with Gasteiger partial charge in [-0.25, -0.2) is 0 Å². The first kappa shape index (κ1) is 35.3. The third-order valence-electron chi connectivity index (χ3n) is 13.0. The van der Waals surface area contributed by atoms with Gasteiger partial charge in [0, 0.05) is 44.8 Å². The summed E-state index contributed by atoms with van der Waals surface area (Å²) in [5.74, 6) is 0. The fraction of sp³-hybridized carbons (Fsp3) is 0.0508. The summed E-state index contributed by atoms with van der Waals surface area (Å²) in [6, 6.07) is 77.8. The molecule has 0 bridgehead atoms. The standard InChI is InChI=1S/C59H41NO/c1-59(2)54-22-12-10-20-48(54)49-30-28-46(36-55(49)59)60(47-29-31-51-50-21-11-13-23-56(50)61-57(51)37-47)58-52(40-16-4-3-5-17-40)34-45(43-26-24-38-14-6-8-18-41(38)32-43)35-53(58)44-27-25-39-15-7-9-19-42(39)33-44/h3-37H,1-2H3. The van der Waals surface area contributed by atoms with Crippen LogP contribution in [0.5, 0.6) is 0 Å². The average molecular weight is 780 g/mol. The smallest absolute Gasteiger partial charge is 0.137 e. The van der Waals surface area contributed by atoms with Gasteiger partial charge in [-0.2, -0.15) is 0 Å². The summed E-state index contributed by atoms with van der Waals surface area (Å²) in [6.45, 7) is 4.72.